The lowest BCUT2D eigenvalue weighted by molar-refractivity contribution is 0.497. The molecule has 0 bridgehead atoms. The summed E-state index contributed by atoms with van der Waals surface area (Å²) >= 11 is 3.41. The van der Waals surface area contributed by atoms with Gasteiger partial charge in [0.2, 0.25) is 0 Å². The number of aryl methyl sites for hydroxylation is 1. The zero-order valence-corrected chi connectivity index (χ0v) is 14.0. The van der Waals surface area contributed by atoms with Crippen LogP contribution < -0.4 is 5.32 Å². The molecule has 0 amide bonds. The van der Waals surface area contributed by atoms with Gasteiger partial charge in [0.05, 0.1) is 16.4 Å². The van der Waals surface area contributed by atoms with E-state index >= 15 is 0 Å². The van der Waals surface area contributed by atoms with Crippen LogP contribution in [0.15, 0.2) is 23.2 Å². The molecule has 0 aliphatic rings. The summed E-state index contributed by atoms with van der Waals surface area (Å²) in [5.41, 5.74) is 2.34. The quantitative estimate of drug-likeness (QED) is 0.726. The number of thiazole rings is 2. The van der Waals surface area contributed by atoms with Crippen molar-refractivity contribution in [2.45, 2.75) is 39.2 Å². The third kappa shape index (κ3) is 3.70. The van der Waals surface area contributed by atoms with E-state index in [1.54, 1.807) is 22.7 Å². The molecule has 3 aromatic rings. The fourth-order valence-electron chi connectivity index (χ4n) is 2.45. The van der Waals surface area contributed by atoms with Crippen LogP contribution in [0.25, 0.3) is 4.96 Å². The molecule has 0 spiro atoms. The molecule has 1 N–H and O–H groups in total. The van der Waals surface area contributed by atoms with Crippen LogP contribution in [-0.4, -0.2) is 27.0 Å². The van der Waals surface area contributed by atoms with Crippen molar-refractivity contribution >= 4 is 27.6 Å². The van der Waals surface area contributed by atoms with Crippen molar-refractivity contribution in [1.82, 2.24) is 19.7 Å². The minimum Gasteiger partial charge on any atom is -0.313 e. The summed E-state index contributed by atoms with van der Waals surface area (Å²) in [5.74, 6) is 0. The number of rotatable bonds is 7. The van der Waals surface area contributed by atoms with Crippen molar-refractivity contribution in [2.24, 2.45) is 0 Å². The van der Waals surface area contributed by atoms with E-state index < -0.39 is 0 Å². The fraction of sp³-hybridized carbons (Fsp3) is 0.467. The maximum atomic E-state index is 4.69. The van der Waals surface area contributed by atoms with Gasteiger partial charge < -0.3 is 5.32 Å². The van der Waals surface area contributed by atoms with Crippen LogP contribution >= 0.6 is 22.7 Å². The Hall–Kier alpha value is -1.24. The van der Waals surface area contributed by atoms with E-state index in [9.17, 15) is 0 Å². The van der Waals surface area contributed by atoms with Gasteiger partial charge in [-0.25, -0.2) is 9.97 Å². The topological polar surface area (TPSA) is 42.2 Å². The van der Waals surface area contributed by atoms with Crippen LogP contribution in [0.5, 0.6) is 0 Å². The van der Waals surface area contributed by atoms with Crippen LogP contribution in [0.2, 0.25) is 0 Å². The Morgan fingerprint density at radius 1 is 1.24 bits per heavy atom. The molecule has 1 atom stereocenters. The van der Waals surface area contributed by atoms with Gasteiger partial charge in [-0.15, -0.1) is 22.7 Å². The van der Waals surface area contributed by atoms with Crippen LogP contribution in [0.4, 0.5) is 0 Å². The highest BCUT2D eigenvalue weighted by atomic mass is 32.1. The van der Waals surface area contributed by atoms with E-state index in [-0.39, 0.29) is 0 Å². The first kappa shape index (κ1) is 14.7. The lowest BCUT2D eigenvalue weighted by Crippen LogP contribution is -2.34. The summed E-state index contributed by atoms with van der Waals surface area (Å²) in [6.07, 6.45) is 7.26. The second-order valence-corrected chi connectivity index (χ2v) is 7.18. The van der Waals surface area contributed by atoms with Gasteiger partial charge in [-0.1, -0.05) is 6.92 Å². The molecule has 0 saturated carbocycles. The number of imidazole rings is 1. The van der Waals surface area contributed by atoms with Crippen molar-refractivity contribution in [1.29, 1.82) is 0 Å². The highest BCUT2D eigenvalue weighted by Gasteiger charge is 2.14. The third-order valence-electron chi connectivity index (χ3n) is 3.40. The molecule has 0 radical (unpaired) electrons. The molecule has 0 aliphatic heterocycles. The molecule has 0 aromatic carbocycles. The molecule has 0 fully saturated rings. The number of aromatic nitrogens is 3. The second kappa shape index (κ2) is 6.68. The Morgan fingerprint density at radius 2 is 2.10 bits per heavy atom. The van der Waals surface area contributed by atoms with Gasteiger partial charge in [-0.2, -0.15) is 0 Å². The zero-order chi connectivity index (χ0) is 14.7. The Morgan fingerprint density at radius 3 is 2.81 bits per heavy atom. The maximum Gasteiger partial charge on any atom is 0.193 e. The summed E-state index contributed by atoms with van der Waals surface area (Å²) < 4.78 is 2.10. The first-order valence-corrected chi connectivity index (χ1v) is 9.06. The van der Waals surface area contributed by atoms with Crippen LogP contribution in [0, 0.1) is 6.92 Å². The second-order valence-electron chi connectivity index (χ2n) is 5.24. The predicted molar refractivity (Wildman–Crippen MR) is 89.4 cm³/mol. The summed E-state index contributed by atoms with van der Waals surface area (Å²) in [6, 6.07) is 0.399. The van der Waals surface area contributed by atoms with Crippen molar-refractivity contribution in [2.75, 3.05) is 6.54 Å². The monoisotopic (exact) mass is 320 g/mol. The summed E-state index contributed by atoms with van der Waals surface area (Å²) in [4.78, 5) is 10.4. The average Bonchev–Trinajstić information content (AvgIpc) is 3.12. The van der Waals surface area contributed by atoms with Gasteiger partial charge >= 0.3 is 0 Å². The number of hydrogen-bond donors (Lipinski definition) is 1. The van der Waals surface area contributed by atoms with E-state index in [1.165, 1.54) is 5.69 Å². The largest absolute Gasteiger partial charge is 0.313 e. The number of hydrogen-bond acceptors (Lipinski definition) is 5. The van der Waals surface area contributed by atoms with Crippen LogP contribution in [0.1, 0.15) is 29.7 Å². The molecular weight excluding hydrogens is 300 g/mol. The van der Waals surface area contributed by atoms with Crippen molar-refractivity contribution in [3.05, 3.63) is 39.5 Å². The van der Waals surface area contributed by atoms with E-state index in [4.69, 9.17) is 4.98 Å². The summed E-state index contributed by atoms with van der Waals surface area (Å²) in [7, 11) is 0. The highest BCUT2D eigenvalue weighted by molar-refractivity contribution is 7.15. The van der Waals surface area contributed by atoms with Crippen LogP contribution in [0.3, 0.4) is 0 Å². The lowest BCUT2D eigenvalue weighted by Gasteiger charge is -2.16. The Kier molecular flexibility index (Phi) is 4.67. The lowest BCUT2D eigenvalue weighted by atomic mass is 10.1. The Balaban J connectivity index is 1.70. The number of fused-ring (bicyclic) bond motifs is 1. The van der Waals surface area contributed by atoms with E-state index in [1.807, 2.05) is 0 Å². The van der Waals surface area contributed by atoms with Crippen molar-refractivity contribution < 1.29 is 0 Å². The Labute approximate surface area is 132 Å². The predicted octanol–water partition coefficient (Wildman–Crippen LogP) is 3.31. The minimum absolute atomic E-state index is 0.399. The molecule has 1 unspecified atom stereocenters. The molecule has 0 aliphatic carbocycles. The molecule has 112 valence electrons. The van der Waals surface area contributed by atoms with E-state index in [2.05, 4.69) is 51.7 Å². The molecule has 21 heavy (non-hydrogen) atoms. The highest BCUT2D eigenvalue weighted by Crippen LogP contribution is 2.15. The molecule has 4 nitrogen and oxygen atoms in total. The zero-order valence-electron chi connectivity index (χ0n) is 12.4. The third-order valence-corrected chi connectivity index (χ3v) is 5.00. The van der Waals surface area contributed by atoms with Gasteiger partial charge in [0.25, 0.3) is 0 Å². The number of nitrogens with one attached hydrogen (secondary N) is 1. The van der Waals surface area contributed by atoms with Crippen molar-refractivity contribution in [3.8, 4) is 0 Å². The molecule has 3 rings (SSSR count). The molecule has 3 aromatic heterocycles. The normalized spacial score (nSPS) is 13.0. The van der Waals surface area contributed by atoms with Crippen molar-refractivity contribution in [3.63, 3.8) is 0 Å². The molecular formula is C15H20N4S2. The SMILES string of the molecule is CCCNC(Cc1csc(C)n1)Cc1cn2ccsc2n1. The maximum absolute atomic E-state index is 4.69. The van der Waals surface area contributed by atoms with Gasteiger partial charge in [0.15, 0.2) is 4.96 Å². The smallest absolute Gasteiger partial charge is 0.193 e. The molecule has 6 heteroatoms. The first-order chi connectivity index (χ1) is 10.2. The molecule has 3 heterocycles. The van der Waals surface area contributed by atoms with E-state index in [0.717, 1.165) is 41.5 Å². The van der Waals surface area contributed by atoms with Crippen LogP contribution in [-0.2, 0) is 12.8 Å². The molecule has 0 saturated heterocycles. The van der Waals surface area contributed by atoms with E-state index in [0.29, 0.717) is 6.04 Å². The fourth-order valence-corrected chi connectivity index (χ4v) is 3.79. The summed E-state index contributed by atoms with van der Waals surface area (Å²) in [5, 5.41) is 9.01. The Bertz CT molecular complexity index is 669. The average molecular weight is 320 g/mol. The standard InChI is InChI=1S/C15H20N4S2/c1-3-4-16-12(8-14-10-21-11(2)17-14)7-13-9-19-5-6-20-15(19)18-13/h5-6,9-10,12,16H,3-4,7-8H2,1-2H3. The minimum atomic E-state index is 0.399. The first-order valence-electron chi connectivity index (χ1n) is 7.30. The van der Waals surface area contributed by atoms with Gasteiger partial charge in [-0.05, 0) is 19.9 Å². The number of nitrogens with zero attached hydrogens (tertiary/aromatic N) is 3. The van der Waals surface area contributed by atoms with Gasteiger partial charge in [0, 0.05) is 42.0 Å². The summed E-state index contributed by atoms with van der Waals surface area (Å²) in [6.45, 7) is 5.30. The van der Waals surface area contributed by atoms with Gasteiger partial charge in [-0.3, -0.25) is 4.40 Å². The van der Waals surface area contributed by atoms with Gasteiger partial charge in [0.1, 0.15) is 0 Å².